The van der Waals surface area contributed by atoms with Crippen molar-refractivity contribution in [3.05, 3.63) is 37.4 Å². The number of amides is 1. The molecule has 0 bridgehead atoms. The SMILES string of the molecule is Cc1c([N+](=O)[O-])cc([N+](=O)[O-])c2c1N(C)C(=O)CC2. The number of nitro groups is 2. The first-order valence-electron chi connectivity index (χ1n) is 5.56. The fourth-order valence-electron chi connectivity index (χ4n) is 2.37. The van der Waals surface area contributed by atoms with Crippen LogP contribution in [0.3, 0.4) is 0 Å². The summed E-state index contributed by atoms with van der Waals surface area (Å²) in [4.78, 5) is 33.6. The van der Waals surface area contributed by atoms with E-state index >= 15 is 0 Å². The zero-order valence-corrected chi connectivity index (χ0v) is 10.4. The molecule has 0 fully saturated rings. The van der Waals surface area contributed by atoms with Crippen molar-refractivity contribution in [2.24, 2.45) is 0 Å². The molecule has 1 aromatic rings. The Morgan fingerprint density at radius 2 is 1.74 bits per heavy atom. The average Bonchev–Trinajstić information content (AvgIpc) is 2.33. The third-order valence-electron chi connectivity index (χ3n) is 3.30. The van der Waals surface area contributed by atoms with Crippen molar-refractivity contribution >= 4 is 23.0 Å². The van der Waals surface area contributed by atoms with Crippen molar-refractivity contribution in [3.8, 4) is 0 Å². The molecule has 0 aromatic heterocycles. The van der Waals surface area contributed by atoms with Crippen LogP contribution < -0.4 is 4.90 Å². The van der Waals surface area contributed by atoms with Crippen LogP contribution in [0, 0.1) is 27.2 Å². The van der Waals surface area contributed by atoms with Gasteiger partial charge in [0.15, 0.2) is 0 Å². The van der Waals surface area contributed by atoms with Crippen molar-refractivity contribution in [2.75, 3.05) is 11.9 Å². The summed E-state index contributed by atoms with van der Waals surface area (Å²) in [5.74, 6) is -0.203. The maximum atomic E-state index is 11.7. The number of hydrogen-bond acceptors (Lipinski definition) is 5. The quantitative estimate of drug-likeness (QED) is 0.597. The molecule has 0 saturated carbocycles. The molecule has 0 atom stereocenters. The Balaban J connectivity index is 2.81. The summed E-state index contributed by atoms with van der Waals surface area (Å²) >= 11 is 0. The Morgan fingerprint density at radius 3 is 2.26 bits per heavy atom. The van der Waals surface area contributed by atoms with Gasteiger partial charge in [-0.3, -0.25) is 25.0 Å². The second-order valence-electron chi connectivity index (χ2n) is 4.33. The first-order chi connectivity index (χ1) is 8.84. The van der Waals surface area contributed by atoms with E-state index in [9.17, 15) is 25.0 Å². The number of carbonyl (C=O) groups is 1. The lowest BCUT2D eigenvalue weighted by Crippen LogP contribution is -2.32. The lowest BCUT2D eigenvalue weighted by molar-refractivity contribution is -0.394. The van der Waals surface area contributed by atoms with Crippen molar-refractivity contribution in [1.29, 1.82) is 0 Å². The van der Waals surface area contributed by atoms with Gasteiger partial charge in [0.05, 0.1) is 32.7 Å². The molecule has 8 nitrogen and oxygen atoms in total. The van der Waals surface area contributed by atoms with Crippen molar-refractivity contribution in [3.63, 3.8) is 0 Å². The maximum Gasteiger partial charge on any atom is 0.281 e. The van der Waals surface area contributed by atoms with E-state index in [1.807, 2.05) is 0 Å². The molecule has 0 N–H and O–H groups in total. The number of carbonyl (C=O) groups excluding carboxylic acids is 1. The van der Waals surface area contributed by atoms with Gasteiger partial charge in [-0.25, -0.2) is 0 Å². The summed E-state index contributed by atoms with van der Waals surface area (Å²) in [6, 6.07) is 0.970. The van der Waals surface area contributed by atoms with Crippen LogP contribution in [-0.4, -0.2) is 22.8 Å². The molecule has 2 rings (SSSR count). The van der Waals surface area contributed by atoms with Gasteiger partial charge < -0.3 is 4.90 Å². The minimum absolute atomic E-state index is 0.168. The molecule has 0 aliphatic carbocycles. The van der Waals surface area contributed by atoms with Crippen LogP contribution in [0.2, 0.25) is 0 Å². The Hall–Kier alpha value is -2.51. The highest BCUT2D eigenvalue weighted by Crippen LogP contribution is 2.41. The number of rotatable bonds is 2. The molecule has 8 heteroatoms. The smallest absolute Gasteiger partial charge is 0.281 e. The Kier molecular flexibility index (Phi) is 2.93. The van der Waals surface area contributed by atoms with E-state index in [0.29, 0.717) is 5.56 Å². The van der Waals surface area contributed by atoms with E-state index in [0.717, 1.165) is 6.07 Å². The number of fused-ring (bicyclic) bond motifs is 1. The van der Waals surface area contributed by atoms with Gasteiger partial charge in [0, 0.05) is 13.5 Å². The van der Waals surface area contributed by atoms with Gasteiger partial charge in [-0.15, -0.1) is 0 Å². The number of benzene rings is 1. The van der Waals surface area contributed by atoms with Gasteiger partial charge in [0.2, 0.25) is 5.91 Å². The molecular weight excluding hydrogens is 254 g/mol. The summed E-state index contributed by atoms with van der Waals surface area (Å²) < 4.78 is 0. The van der Waals surface area contributed by atoms with Crippen LogP contribution in [0.25, 0.3) is 0 Å². The molecule has 19 heavy (non-hydrogen) atoms. The maximum absolute atomic E-state index is 11.7. The van der Waals surface area contributed by atoms with Gasteiger partial charge in [-0.2, -0.15) is 0 Å². The van der Waals surface area contributed by atoms with E-state index in [1.165, 1.54) is 18.9 Å². The van der Waals surface area contributed by atoms with Crippen molar-refractivity contribution in [1.82, 2.24) is 0 Å². The average molecular weight is 265 g/mol. The zero-order chi connectivity index (χ0) is 14.3. The van der Waals surface area contributed by atoms with Gasteiger partial charge in [0.1, 0.15) is 0 Å². The summed E-state index contributed by atoms with van der Waals surface area (Å²) in [6.45, 7) is 1.50. The molecule has 0 saturated heterocycles. The minimum atomic E-state index is -0.671. The third-order valence-corrected chi connectivity index (χ3v) is 3.30. The monoisotopic (exact) mass is 265 g/mol. The molecule has 1 aliphatic rings. The first-order valence-corrected chi connectivity index (χ1v) is 5.56. The van der Waals surface area contributed by atoms with E-state index in [-0.39, 0.29) is 41.4 Å². The second-order valence-corrected chi connectivity index (χ2v) is 4.33. The molecule has 1 heterocycles. The molecule has 0 radical (unpaired) electrons. The molecule has 100 valence electrons. The number of anilines is 1. The van der Waals surface area contributed by atoms with Crippen molar-refractivity contribution in [2.45, 2.75) is 19.8 Å². The van der Waals surface area contributed by atoms with Gasteiger partial charge in [0.25, 0.3) is 11.4 Å². The van der Waals surface area contributed by atoms with Crippen LogP contribution in [-0.2, 0) is 11.2 Å². The Morgan fingerprint density at radius 1 is 1.16 bits per heavy atom. The molecule has 1 amide bonds. The van der Waals surface area contributed by atoms with Crippen LogP contribution in [0.1, 0.15) is 17.5 Å². The standard InChI is InChI=1S/C11H11N3O5/c1-6-8(13(16)17)5-9(14(18)19)7-3-4-10(15)12(2)11(6)7/h5H,3-4H2,1-2H3. The Labute approximate surface area is 107 Å². The number of hydrogen-bond donors (Lipinski definition) is 0. The fraction of sp³-hybridized carbons (Fsp3) is 0.364. The second kappa shape index (κ2) is 4.30. The molecule has 1 aliphatic heterocycles. The van der Waals surface area contributed by atoms with Crippen LogP contribution in [0.5, 0.6) is 0 Å². The van der Waals surface area contributed by atoms with E-state index < -0.39 is 9.85 Å². The Bertz CT molecular complexity index is 611. The lowest BCUT2D eigenvalue weighted by atomic mass is 9.95. The minimum Gasteiger partial charge on any atom is -0.314 e. The van der Waals surface area contributed by atoms with Gasteiger partial charge >= 0.3 is 0 Å². The summed E-state index contributed by atoms with van der Waals surface area (Å²) in [5.41, 5.74) is 0.312. The largest absolute Gasteiger partial charge is 0.314 e. The van der Waals surface area contributed by atoms with Crippen molar-refractivity contribution < 1.29 is 14.6 Å². The molecule has 0 spiro atoms. The van der Waals surface area contributed by atoms with E-state index in [4.69, 9.17) is 0 Å². The van der Waals surface area contributed by atoms with Crippen LogP contribution in [0.15, 0.2) is 6.07 Å². The van der Waals surface area contributed by atoms with Crippen LogP contribution >= 0.6 is 0 Å². The first kappa shape index (κ1) is 12.9. The topological polar surface area (TPSA) is 107 Å². The van der Waals surface area contributed by atoms with E-state index in [2.05, 4.69) is 0 Å². The highest BCUT2D eigenvalue weighted by atomic mass is 16.6. The number of nitro benzene ring substituents is 2. The lowest BCUT2D eigenvalue weighted by Gasteiger charge is -2.26. The molecule has 1 aromatic carbocycles. The normalized spacial score (nSPS) is 14.2. The molecule has 0 unspecified atom stereocenters. The number of nitrogens with zero attached hydrogens (tertiary/aromatic N) is 3. The molecular formula is C11H11N3O5. The predicted molar refractivity (Wildman–Crippen MR) is 66.2 cm³/mol. The summed E-state index contributed by atoms with van der Waals surface area (Å²) in [7, 11) is 1.47. The highest BCUT2D eigenvalue weighted by Gasteiger charge is 2.34. The highest BCUT2D eigenvalue weighted by molar-refractivity contribution is 5.98. The fourth-order valence-corrected chi connectivity index (χ4v) is 2.37. The third kappa shape index (κ3) is 1.90. The van der Waals surface area contributed by atoms with Gasteiger partial charge in [-0.05, 0) is 13.3 Å². The van der Waals surface area contributed by atoms with Crippen LogP contribution in [0.4, 0.5) is 17.1 Å². The predicted octanol–water partition coefficient (Wildman–Crippen LogP) is 1.72. The van der Waals surface area contributed by atoms with E-state index in [1.54, 1.807) is 0 Å². The summed E-state index contributed by atoms with van der Waals surface area (Å²) in [5, 5.41) is 22.0. The summed E-state index contributed by atoms with van der Waals surface area (Å²) in [6.07, 6.45) is 0.398. The zero-order valence-electron chi connectivity index (χ0n) is 10.4. The van der Waals surface area contributed by atoms with Gasteiger partial charge in [-0.1, -0.05) is 0 Å².